The molecule has 8 heteroatoms. The normalized spacial score (nSPS) is 11.0. The van der Waals surface area contributed by atoms with E-state index in [0.29, 0.717) is 11.1 Å². The standard InChI is InChI=1S/C19H20FN5OS/c1-13(2)11-25-18(14-7-9-21-10-8-14)23-24-19(25)27-12-17(26)22-16-6-4-3-5-15(16)20/h3-10,13H,11-12H2,1-2H3,(H,22,26). The Morgan fingerprint density at radius 2 is 1.93 bits per heavy atom. The zero-order valence-electron chi connectivity index (χ0n) is 15.1. The Balaban J connectivity index is 1.73. The number of halogens is 1. The van der Waals surface area contributed by atoms with Gasteiger partial charge < -0.3 is 9.88 Å². The fraction of sp³-hybridized carbons (Fsp3) is 0.263. The first-order valence-electron chi connectivity index (χ1n) is 8.55. The smallest absolute Gasteiger partial charge is 0.234 e. The number of pyridine rings is 1. The number of carbonyl (C=O) groups is 1. The van der Waals surface area contributed by atoms with Crippen LogP contribution in [0.5, 0.6) is 0 Å². The van der Waals surface area contributed by atoms with Crippen LogP contribution in [0.4, 0.5) is 10.1 Å². The number of nitrogens with one attached hydrogen (secondary N) is 1. The first kappa shape index (κ1) is 19.0. The Hall–Kier alpha value is -2.74. The van der Waals surface area contributed by atoms with Crippen molar-refractivity contribution in [2.24, 2.45) is 5.92 Å². The Morgan fingerprint density at radius 3 is 2.63 bits per heavy atom. The van der Waals surface area contributed by atoms with E-state index in [1.807, 2.05) is 16.7 Å². The Kier molecular flexibility index (Phi) is 6.18. The van der Waals surface area contributed by atoms with Gasteiger partial charge in [0.25, 0.3) is 0 Å². The zero-order valence-corrected chi connectivity index (χ0v) is 15.9. The van der Waals surface area contributed by atoms with Crippen LogP contribution in [0.25, 0.3) is 11.4 Å². The quantitative estimate of drug-likeness (QED) is 0.625. The van der Waals surface area contributed by atoms with Gasteiger partial charge in [0.15, 0.2) is 11.0 Å². The van der Waals surface area contributed by atoms with Gasteiger partial charge in [0.1, 0.15) is 5.82 Å². The van der Waals surface area contributed by atoms with E-state index in [2.05, 4.69) is 34.3 Å². The molecule has 0 bridgehead atoms. The third-order valence-electron chi connectivity index (χ3n) is 3.68. The lowest BCUT2D eigenvalue weighted by molar-refractivity contribution is -0.113. The summed E-state index contributed by atoms with van der Waals surface area (Å²) in [6, 6.07) is 9.84. The number of anilines is 1. The number of hydrogen-bond acceptors (Lipinski definition) is 5. The summed E-state index contributed by atoms with van der Waals surface area (Å²) in [4.78, 5) is 16.2. The second-order valence-electron chi connectivity index (χ2n) is 6.36. The molecule has 0 spiro atoms. The minimum absolute atomic E-state index is 0.112. The minimum atomic E-state index is -0.459. The van der Waals surface area contributed by atoms with Crippen molar-refractivity contribution in [3.05, 3.63) is 54.6 Å². The van der Waals surface area contributed by atoms with Crippen LogP contribution in [0.3, 0.4) is 0 Å². The minimum Gasteiger partial charge on any atom is -0.323 e. The summed E-state index contributed by atoms with van der Waals surface area (Å²) in [7, 11) is 0. The monoisotopic (exact) mass is 385 g/mol. The molecule has 3 aromatic rings. The largest absolute Gasteiger partial charge is 0.323 e. The molecule has 0 saturated carbocycles. The van der Waals surface area contributed by atoms with Crippen LogP contribution in [-0.2, 0) is 11.3 Å². The van der Waals surface area contributed by atoms with Gasteiger partial charge in [-0.2, -0.15) is 0 Å². The highest BCUT2D eigenvalue weighted by molar-refractivity contribution is 7.99. The molecule has 0 atom stereocenters. The highest BCUT2D eigenvalue weighted by Gasteiger charge is 2.17. The predicted octanol–water partition coefficient (Wildman–Crippen LogP) is 3.87. The number of amides is 1. The molecule has 140 valence electrons. The molecule has 6 nitrogen and oxygen atoms in total. The average Bonchev–Trinajstić information content (AvgIpc) is 3.04. The molecule has 1 N–H and O–H groups in total. The molecule has 0 fully saturated rings. The second-order valence-corrected chi connectivity index (χ2v) is 7.31. The molecule has 0 saturated heterocycles. The molecule has 0 aliphatic heterocycles. The summed E-state index contributed by atoms with van der Waals surface area (Å²) in [5.74, 6) is 0.478. The van der Waals surface area contributed by atoms with Crippen molar-refractivity contribution in [1.29, 1.82) is 0 Å². The van der Waals surface area contributed by atoms with E-state index in [1.165, 1.54) is 23.9 Å². The number of benzene rings is 1. The van der Waals surface area contributed by atoms with Crippen LogP contribution in [0.1, 0.15) is 13.8 Å². The molecule has 0 radical (unpaired) electrons. The first-order chi connectivity index (χ1) is 13.0. The lowest BCUT2D eigenvalue weighted by Crippen LogP contribution is -2.16. The van der Waals surface area contributed by atoms with E-state index in [1.54, 1.807) is 24.5 Å². The Labute approximate surface area is 161 Å². The van der Waals surface area contributed by atoms with Gasteiger partial charge in [-0.1, -0.05) is 37.7 Å². The predicted molar refractivity (Wildman–Crippen MR) is 104 cm³/mol. The maximum Gasteiger partial charge on any atom is 0.234 e. The molecule has 0 aliphatic rings. The number of para-hydroxylation sites is 1. The van der Waals surface area contributed by atoms with Gasteiger partial charge in [0.2, 0.25) is 5.91 Å². The van der Waals surface area contributed by atoms with Crippen molar-refractivity contribution in [2.75, 3.05) is 11.1 Å². The fourth-order valence-electron chi connectivity index (χ4n) is 2.52. The van der Waals surface area contributed by atoms with Crippen LogP contribution >= 0.6 is 11.8 Å². The number of aromatic nitrogens is 4. The summed E-state index contributed by atoms with van der Waals surface area (Å²) >= 11 is 1.28. The summed E-state index contributed by atoms with van der Waals surface area (Å²) in [5.41, 5.74) is 1.09. The van der Waals surface area contributed by atoms with Gasteiger partial charge in [-0.25, -0.2) is 4.39 Å². The van der Waals surface area contributed by atoms with E-state index in [9.17, 15) is 9.18 Å². The Morgan fingerprint density at radius 1 is 1.19 bits per heavy atom. The van der Waals surface area contributed by atoms with Gasteiger partial charge in [-0.15, -0.1) is 10.2 Å². The molecule has 2 heterocycles. The summed E-state index contributed by atoms with van der Waals surface area (Å²) in [6.07, 6.45) is 3.41. The highest BCUT2D eigenvalue weighted by atomic mass is 32.2. The molecule has 2 aromatic heterocycles. The van der Waals surface area contributed by atoms with E-state index < -0.39 is 5.82 Å². The van der Waals surface area contributed by atoms with Gasteiger partial charge in [0.05, 0.1) is 11.4 Å². The third kappa shape index (κ3) is 4.91. The SMILES string of the molecule is CC(C)Cn1c(SCC(=O)Nc2ccccc2F)nnc1-c1ccncc1. The molecular weight excluding hydrogens is 365 g/mol. The second kappa shape index (κ2) is 8.77. The van der Waals surface area contributed by atoms with Gasteiger partial charge in [0, 0.05) is 24.5 Å². The molecule has 1 amide bonds. The maximum absolute atomic E-state index is 13.7. The Bertz CT molecular complexity index is 913. The van der Waals surface area contributed by atoms with E-state index in [4.69, 9.17) is 0 Å². The summed E-state index contributed by atoms with van der Waals surface area (Å²) in [6.45, 7) is 4.94. The van der Waals surface area contributed by atoms with Gasteiger partial charge >= 0.3 is 0 Å². The molecule has 3 rings (SSSR count). The third-order valence-corrected chi connectivity index (χ3v) is 4.65. The first-order valence-corrected chi connectivity index (χ1v) is 9.54. The zero-order chi connectivity index (χ0) is 19.2. The summed E-state index contributed by atoms with van der Waals surface area (Å²) < 4.78 is 15.7. The lowest BCUT2D eigenvalue weighted by Gasteiger charge is -2.12. The molecule has 1 aromatic carbocycles. The molecule has 27 heavy (non-hydrogen) atoms. The van der Waals surface area contributed by atoms with E-state index in [-0.39, 0.29) is 17.3 Å². The topological polar surface area (TPSA) is 72.7 Å². The van der Waals surface area contributed by atoms with Gasteiger partial charge in [-0.05, 0) is 30.2 Å². The van der Waals surface area contributed by atoms with Gasteiger partial charge in [-0.3, -0.25) is 9.78 Å². The summed E-state index contributed by atoms with van der Waals surface area (Å²) in [5, 5.41) is 11.8. The van der Waals surface area contributed by atoms with Crippen LogP contribution in [-0.4, -0.2) is 31.4 Å². The van der Waals surface area contributed by atoms with Crippen LogP contribution in [0, 0.1) is 11.7 Å². The molecular formula is C19H20FN5OS. The number of thioether (sulfide) groups is 1. The van der Waals surface area contributed by atoms with Crippen LogP contribution in [0.2, 0.25) is 0 Å². The maximum atomic E-state index is 13.7. The highest BCUT2D eigenvalue weighted by Crippen LogP contribution is 2.25. The number of hydrogen-bond donors (Lipinski definition) is 1. The van der Waals surface area contributed by atoms with E-state index >= 15 is 0 Å². The van der Waals surface area contributed by atoms with Crippen molar-refractivity contribution in [3.63, 3.8) is 0 Å². The average molecular weight is 385 g/mol. The lowest BCUT2D eigenvalue weighted by atomic mass is 10.2. The van der Waals surface area contributed by atoms with Crippen molar-refractivity contribution >= 4 is 23.4 Å². The van der Waals surface area contributed by atoms with Crippen molar-refractivity contribution in [2.45, 2.75) is 25.5 Å². The molecule has 0 unspecified atom stereocenters. The fourth-order valence-corrected chi connectivity index (χ4v) is 3.27. The van der Waals surface area contributed by atoms with Crippen LogP contribution < -0.4 is 5.32 Å². The van der Waals surface area contributed by atoms with Crippen molar-refractivity contribution in [3.8, 4) is 11.4 Å². The number of rotatable bonds is 7. The van der Waals surface area contributed by atoms with Crippen molar-refractivity contribution in [1.82, 2.24) is 19.7 Å². The molecule has 0 aliphatic carbocycles. The number of carbonyl (C=O) groups excluding carboxylic acids is 1. The number of nitrogens with zero attached hydrogens (tertiary/aromatic N) is 4. The van der Waals surface area contributed by atoms with Crippen LogP contribution in [0.15, 0.2) is 53.9 Å². The van der Waals surface area contributed by atoms with Crippen molar-refractivity contribution < 1.29 is 9.18 Å². The van der Waals surface area contributed by atoms with E-state index in [0.717, 1.165) is 17.9 Å².